The number of hydrogen-bond acceptors (Lipinski definition) is 3. The van der Waals surface area contributed by atoms with Crippen LogP contribution in [0.15, 0.2) is 53.4 Å². The first-order chi connectivity index (χ1) is 9.85. The van der Waals surface area contributed by atoms with Crippen molar-refractivity contribution in [2.75, 3.05) is 7.11 Å². The molecule has 0 radical (unpaired) electrons. The zero-order valence-electron chi connectivity index (χ0n) is 11.3. The van der Waals surface area contributed by atoms with Crippen molar-refractivity contribution in [2.45, 2.75) is 28.8 Å². The highest BCUT2D eigenvalue weighted by Crippen LogP contribution is 2.55. The van der Waals surface area contributed by atoms with Crippen molar-refractivity contribution in [1.82, 2.24) is 0 Å². The Kier molecular flexibility index (Phi) is 2.97. The Hall–Kier alpha value is -1.45. The Morgan fingerprint density at radius 2 is 1.80 bits per heavy atom. The second kappa shape index (κ2) is 4.83. The molecule has 0 unspecified atom stereocenters. The molecular formula is C17H16O2S. The van der Waals surface area contributed by atoms with Gasteiger partial charge in [-0.2, -0.15) is 0 Å². The van der Waals surface area contributed by atoms with Gasteiger partial charge in [0.1, 0.15) is 5.75 Å². The topological polar surface area (TPSA) is 18.5 Å². The summed E-state index contributed by atoms with van der Waals surface area (Å²) in [6.07, 6.45) is 1.66. The Labute approximate surface area is 123 Å². The molecule has 2 aliphatic heterocycles. The minimum absolute atomic E-state index is 0.253. The number of ether oxygens (including phenoxy) is 2. The van der Waals surface area contributed by atoms with Gasteiger partial charge in [-0.05, 0) is 41.8 Å². The van der Waals surface area contributed by atoms with Crippen molar-refractivity contribution in [3.05, 3.63) is 59.7 Å². The van der Waals surface area contributed by atoms with Crippen molar-refractivity contribution >= 4 is 11.8 Å². The smallest absolute Gasteiger partial charge is 0.118 e. The first-order valence-corrected chi connectivity index (χ1v) is 7.78. The average molecular weight is 284 g/mol. The summed E-state index contributed by atoms with van der Waals surface area (Å²) < 4.78 is 11.3. The lowest BCUT2D eigenvalue weighted by Gasteiger charge is -2.20. The van der Waals surface area contributed by atoms with E-state index in [4.69, 9.17) is 9.47 Å². The molecule has 0 aromatic heterocycles. The summed E-state index contributed by atoms with van der Waals surface area (Å²) in [6, 6.07) is 16.9. The standard InChI is InChI=1S/C17H16O2S/c1-18-11-6-8-12(9-7-11)20-16-10-15-13-4-2-3-5-14(13)17(16)19-15/h2-9,15-17H,10H2,1H3/t15-,16+,17-/m0/s1. The summed E-state index contributed by atoms with van der Waals surface area (Å²) in [5, 5.41) is 0.517. The van der Waals surface area contributed by atoms with Crippen LogP contribution >= 0.6 is 11.8 Å². The van der Waals surface area contributed by atoms with Gasteiger partial charge in [0.15, 0.2) is 0 Å². The summed E-state index contributed by atoms with van der Waals surface area (Å²) in [4.78, 5) is 1.28. The quantitative estimate of drug-likeness (QED) is 0.833. The molecule has 0 N–H and O–H groups in total. The number of hydrogen-bond donors (Lipinski definition) is 0. The molecule has 20 heavy (non-hydrogen) atoms. The highest BCUT2D eigenvalue weighted by atomic mass is 32.2. The number of thioether (sulfide) groups is 1. The molecule has 2 aliphatic rings. The van der Waals surface area contributed by atoms with E-state index in [1.165, 1.54) is 16.0 Å². The zero-order chi connectivity index (χ0) is 13.5. The number of rotatable bonds is 3. The lowest BCUT2D eigenvalue weighted by molar-refractivity contribution is 0.0728. The highest BCUT2D eigenvalue weighted by Gasteiger charge is 2.45. The minimum Gasteiger partial charge on any atom is -0.497 e. The SMILES string of the molecule is COc1ccc(S[C@@H]2C[C@@H]3O[C@H]2c2ccccc23)cc1. The Morgan fingerprint density at radius 3 is 2.55 bits per heavy atom. The highest BCUT2D eigenvalue weighted by molar-refractivity contribution is 8.00. The molecule has 0 amide bonds. The van der Waals surface area contributed by atoms with Gasteiger partial charge < -0.3 is 9.47 Å². The maximum Gasteiger partial charge on any atom is 0.118 e. The fraction of sp³-hybridized carbons (Fsp3) is 0.294. The number of fused-ring (bicyclic) bond motifs is 5. The normalized spacial score (nSPS) is 26.6. The van der Waals surface area contributed by atoms with Crippen LogP contribution in [0.2, 0.25) is 0 Å². The maximum absolute atomic E-state index is 6.13. The van der Waals surface area contributed by atoms with Crippen LogP contribution in [0.25, 0.3) is 0 Å². The van der Waals surface area contributed by atoms with Crippen LogP contribution in [0.3, 0.4) is 0 Å². The van der Waals surface area contributed by atoms with Gasteiger partial charge in [0.2, 0.25) is 0 Å². The number of benzene rings is 2. The molecule has 102 valence electrons. The Morgan fingerprint density at radius 1 is 1.05 bits per heavy atom. The van der Waals surface area contributed by atoms with Crippen LogP contribution in [0.1, 0.15) is 29.8 Å². The van der Waals surface area contributed by atoms with Crippen molar-refractivity contribution < 1.29 is 9.47 Å². The van der Waals surface area contributed by atoms with E-state index in [1.807, 2.05) is 23.9 Å². The fourth-order valence-corrected chi connectivity index (χ4v) is 4.38. The van der Waals surface area contributed by atoms with Gasteiger partial charge in [0, 0.05) is 10.1 Å². The first-order valence-electron chi connectivity index (χ1n) is 6.90. The van der Waals surface area contributed by atoms with E-state index in [9.17, 15) is 0 Å². The van der Waals surface area contributed by atoms with Gasteiger partial charge in [-0.15, -0.1) is 11.8 Å². The van der Waals surface area contributed by atoms with Gasteiger partial charge in [0.05, 0.1) is 19.3 Å². The first kappa shape index (κ1) is 12.3. The lowest BCUT2D eigenvalue weighted by Crippen LogP contribution is -2.12. The summed E-state index contributed by atoms with van der Waals surface area (Å²) >= 11 is 1.92. The van der Waals surface area contributed by atoms with Gasteiger partial charge in [-0.1, -0.05) is 24.3 Å². The van der Waals surface area contributed by atoms with Crippen molar-refractivity contribution in [3.8, 4) is 5.75 Å². The Balaban J connectivity index is 1.54. The van der Waals surface area contributed by atoms with Crippen LogP contribution in [-0.4, -0.2) is 12.4 Å². The third kappa shape index (κ3) is 1.93. The molecule has 0 spiro atoms. The summed E-state index contributed by atoms with van der Waals surface area (Å²) in [7, 11) is 1.70. The van der Waals surface area contributed by atoms with E-state index in [-0.39, 0.29) is 6.10 Å². The predicted octanol–water partition coefficient (Wildman–Crippen LogP) is 4.37. The second-order valence-electron chi connectivity index (χ2n) is 5.24. The molecule has 4 rings (SSSR count). The van der Waals surface area contributed by atoms with Crippen LogP contribution in [0, 0.1) is 0 Å². The molecular weight excluding hydrogens is 268 g/mol. The van der Waals surface area contributed by atoms with Gasteiger partial charge in [-0.25, -0.2) is 0 Å². The van der Waals surface area contributed by atoms with Gasteiger partial charge in [-0.3, -0.25) is 0 Å². The maximum atomic E-state index is 6.13. The molecule has 2 aromatic carbocycles. The summed E-state index contributed by atoms with van der Waals surface area (Å²) in [5.74, 6) is 0.906. The molecule has 3 atom stereocenters. The molecule has 0 aliphatic carbocycles. The molecule has 2 nitrogen and oxygen atoms in total. The lowest BCUT2D eigenvalue weighted by atomic mass is 9.92. The molecule has 2 heterocycles. The predicted molar refractivity (Wildman–Crippen MR) is 80.3 cm³/mol. The summed E-state index contributed by atoms with van der Waals surface area (Å²) in [5.41, 5.74) is 2.78. The summed E-state index contributed by atoms with van der Waals surface area (Å²) in [6.45, 7) is 0. The molecule has 2 aromatic rings. The second-order valence-corrected chi connectivity index (χ2v) is 6.55. The molecule has 1 fully saturated rings. The van der Waals surface area contributed by atoms with Crippen LogP contribution in [0.4, 0.5) is 0 Å². The van der Waals surface area contributed by atoms with Crippen LogP contribution in [-0.2, 0) is 4.74 Å². The van der Waals surface area contributed by atoms with E-state index in [1.54, 1.807) is 7.11 Å². The van der Waals surface area contributed by atoms with Crippen LogP contribution < -0.4 is 4.74 Å². The molecule has 1 saturated heterocycles. The third-order valence-corrected chi connectivity index (χ3v) is 5.38. The minimum atomic E-state index is 0.253. The Bertz CT molecular complexity index is 623. The third-order valence-electron chi connectivity index (χ3n) is 4.09. The van der Waals surface area contributed by atoms with E-state index < -0.39 is 0 Å². The van der Waals surface area contributed by atoms with E-state index in [0.29, 0.717) is 11.4 Å². The van der Waals surface area contributed by atoms with Crippen molar-refractivity contribution in [1.29, 1.82) is 0 Å². The van der Waals surface area contributed by atoms with Gasteiger partial charge in [0.25, 0.3) is 0 Å². The van der Waals surface area contributed by atoms with E-state index >= 15 is 0 Å². The fourth-order valence-electron chi connectivity index (χ4n) is 3.13. The number of methoxy groups -OCH3 is 1. The van der Waals surface area contributed by atoms with Gasteiger partial charge >= 0.3 is 0 Å². The van der Waals surface area contributed by atoms with E-state index in [2.05, 4.69) is 36.4 Å². The average Bonchev–Trinajstić information content (AvgIpc) is 3.07. The van der Waals surface area contributed by atoms with Crippen LogP contribution in [0.5, 0.6) is 5.75 Å². The molecule has 2 bridgehead atoms. The van der Waals surface area contributed by atoms with Crippen molar-refractivity contribution in [2.24, 2.45) is 0 Å². The monoisotopic (exact) mass is 284 g/mol. The largest absolute Gasteiger partial charge is 0.497 e. The van der Waals surface area contributed by atoms with Crippen molar-refractivity contribution in [3.63, 3.8) is 0 Å². The van der Waals surface area contributed by atoms with E-state index in [0.717, 1.165) is 12.2 Å². The molecule has 0 saturated carbocycles. The zero-order valence-corrected chi connectivity index (χ0v) is 12.1. The molecule has 3 heteroatoms.